The zero-order valence-corrected chi connectivity index (χ0v) is 9.44. The number of carbonyl (C=O) groups excluding carboxylic acids is 1. The van der Waals surface area contributed by atoms with Crippen LogP contribution in [0.2, 0.25) is 0 Å². The average molecular weight is 213 g/mol. The van der Waals surface area contributed by atoms with Crippen LogP contribution in [-0.4, -0.2) is 24.5 Å². The molecule has 0 aliphatic heterocycles. The van der Waals surface area contributed by atoms with E-state index in [2.05, 4.69) is 15.6 Å². The van der Waals surface area contributed by atoms with Gasteiger partial charge in [0.2, 0.25) is 5.91 Å². The first-order chi connectivity index (χ1) is 6.63. The number of nitrogens with zero attached hydrogens (tertiary/aromatic N) is 1. The van der Waals surface area contributed by atoms with E-state index in [-0.39, 0.29) is 11.8 Å². The predicted octanol–water partition coefficient (Wildman–Crippen LogP) is 1.25. The Morgan fingerprint density at radius 3 is 2.93 bits per heavy atom. The SMILES string of the molecule is CNCC(C)C(=O)Nc1nc(C)cs1. The summed E-state index contributed by atoms with van der Waals surface area (Å²) in [7, 11) is 1.83. The van der Waals surface area contributed by atoms with Crippen molar-refractivity contribution in [2.75, 3.05) is 18.9 Å². The Labute approximate surface area is 87.7 Å². The molecule has 1 amide bonds. The summed E-state index contributed by atoms with van der Waals surface area (Å²) >= 11 is 1.45. The zero-order chi connectivity index (χ0) is 10.6. The lowest BCUT2D eigenvalue weighted by atomic mass is 10.2. The van der Waals surface area contributed by atoms with Gasteiger partial charge in [0.15, 0.2) is 5.13 Å². The van der Waals surface area contributed by atoms with Crippen LogP contribution >= 0.6 is 11.3 Å². The molecule has 5 heteroatoms. The Kier molecular flexibility index (Phi) is 4.03. The molecule has 0 bridgehead atoms. The molecule has 1 heterocycles. The smallest absolute Gasteiger partial charge is 0.230 e. The molecule has 78 valence electrons. The average Bonchev–Trinajstić information content (AvgIpc) is 2.51. The molecule has 0 fully saturated rings. The molecule has 1 aromatic heterocycles. The minimum absolute atomic E-state index is 0.00806. The van der Waals surface area contributed by atoms with Crippen molar-refractivity contribution in [3.05, 3.63) is 11.1 Å². The zero-order valence-electron chi connectivity index (χ0n) is 8.63. The largest absolute Gasteiger partial charge is 0.319 e. The van der Waals surface area contributed by atoms with E-state index in [1.54, 1.807) is 0 Å². The van der Waals surface area contributed by atoms with Crippen molar-refractivity contribution < 1.29 is 4.79 Å². The summed E-state index contributed by atoms with van der Waals surface area (Å²) in [6.45, 7) is 4.46. The highest BCUT2D eigenvalue weighted by molar-refractivity contribution is 7.13. The topological polar surface area (TPSA) is 54.0 Å². The Morgan fingerprint density at radius 2 is 2.43 bits per heavy atom. The van der Waals surface area contributed by atoms with E-state index >= 15 is 0 Å². The number of nitrogens with one attached hydrogen (secondary N) is 2. The molecule has 0 spiro atoms. The van der Waals surface area contributed by atoms with Crippen LogP contribution < -0.4 is 10.6 Å². The van der Waals surface area contributed by atoms with Crippen molar-refractivity contribution in [3.8, 4) is 0 Å². The van der Waals surface area contributed by atoms with Crippen molar-refractivity contribution in [1.82, 2.24) is 10.3 Å². The highest BCUT2D eigenvalue weighted by Crippen LogP contribution is 2.15. The fraction of sp³-hybridized carbons (Fsp3) is 0.556. The van der Waals surface area contributed by atoms with Gasteiger partial charge in [-0.25, -0.2) is 4.98 Å². The first-order valence-corrected chi connectivity index (χ1v) is 5.39. The molecule has 0 aliphatic rings. The number of amides is 1. The van der Waals surface area contributed by atoms with Gasteiger partial charge < -0.3 is 10.6 Å². The van der Waals surface area contributed by atoms with Gasteiger partial charge in [-0.3, -0.25) is 4.79 Å². The lowest BCUT2D eigenvalue weighted by Gasteiger charge is -2.09. The molecule has 14 heavy (non-hydrogen) atoms. The summed E-state index contributed by atoms with van der Waals surface area (Å²) < 4.78 is 0. The van der Waals surface area contributed by atoms with E-state index in [0.29, 0.717) is 11.7 Å². The Bertz CT molecular complexity index is 311. The second-order valence-corrected chi connectivity index (χ2v) is 4.10. The maximum absolute atomic E-state index is 11.5. The van der Waals surface area contributed by atoms with Gasteiger partial charge in [-0.15, -0.1) is 11.3 Å². The number of hydrogen-bond acceptors (Lipinski definition) is 4. The normalized spacial score (nSPS) is 12.5. The summed E-state index contributed by atoms with van der Waals surface area (Å²) in [5.74, 6) is -0.0297. The van der Waals surface area contributed by atoms with Crippen molar-refractivity contribution in [1.29, 1.82) is 0 Å². The van der Waals surface area contributed by atoms with E-state index in [1.807, 2.05) is 26.3 Å². The number of hydrogen-bond donors (Lipinski definition) is 2. The highest BCUT2D eigenvalue weighted by Gasteiger charge is 2.12. The van der Waals surface area contributed by atoms with E-state index in [4.69, 9.17) is 0 Å². The molecule has 0 radical (unpaired) electrons. The number of rotatable bonds is 4. The van der Waals surface area contributed by atoms with Gasteiger partial charge in [0.05, 0.1) is 5.69 Å². The maximum atomic E-state index is 11.5. The third kappa shape index (κ3) is 3.08. The highest BCUT2D eigenvalue weighted by atomic mass is 32.1. The van der Waals surface area contributed by atoms with Crippen LogP contribution in [0.4, 0.5) is 5.13 Å². The molecule has 0 aromatic carbocycles. The number of thiazole rings is 1. The Hall–Kier alpha value is -0.940. The minimum atomic E-state index is -0.0378. The molecule has 4 nitrogen and oxygen atoms in total. The molecule has 0 saturated heterocycles. The Morgan fingerprint density at radius 1 is 1.71 bits per heavy atom. The quantitative estimate of drug-likeness (QED) is 0.791. The monoisotopic (exact) mass is 213 g/mol. The summed E-state index contributed by atoms with van der Waals surface area (Å²) in [4.78, 5) is 15.7. The molecule has 0 aliphatic carbocycles. The van der Waals surface area contributed by atoms with Crippen LogP contribution in [0.15, 0.2) is 5.38 Å². The molecule has 1 atom stereocenters. The molecule has 1 aromatic rings. The van der Waals surface area contributed by atoms with Gasteiger partial charge in [-0.1, -0.05) is 6.92 Å². The van der Waals surface area contributed by atoms with E-state index in [9.17, 15) is 4.79 Å². The first kappa shape index (κ1) is 11.1. The molecule has 0 saturated carbocycles. The molecule has 1 unspecified atom stereocenters. The Balaban J connectivity index is 2.48. The van der Waals surface area contributed by atoms with Gasteiger partial charge in [-0.2, -0.15) is 0 Å². The van der Waals surface area contributed by atoms with Crippen LogP contribution in [0, 0.1) is 12.8 Å². The lowest BCUT2D eigenvalue weighted by Crippen LogP contribution is -2.28. The number of carbonyl (C=O) groups is 1. The second-order valence-electron chi connectivity index (χ2n) is 3.24. The molecule has 1 rings (SSSR count). The van der Waals surface area contributed by atoms with E-state index < -0.39 is 0 Å². The van der Waals surface area contributed by atoms with Gasteiger partial charge in [0, 0.05) is 17.8 Å². The van der Waals surface area contributed by atoms with Gasteiger partial charge in [-0.05, 0) is 14.0 Å². The van der Waals surface area contributed by atoms with E-state index in [1.165, 1.54) is 11.3 Å². The summed E-state index contributed by atoms with van der Waals surface area (Å²) in [5.41, 5.74) is 0.937. The van der Waals surface area contributed by atoms with E-state index in [0.717, 1.165) is 5.69 Å². The fourth-order valence-electron chi connectivity index (χ4n) is 1.04. The standard InChI is InChI=1S/C9H15N3OS/c1-6(4-10-3)8(13)12-9-11-7(2)5-14-9/h5-6,10H,4H2,1-3H3,(H,11,12,13). The second kappa shape index (κ2) is 5.07. The lowest BCUT2D eigenvalue weighted by molar-refractivity contribution is -0.119. The number of aryl methyl sites for hydroxylation is 1. The summed E-state index contributed by atoms with van der Waals surface area (Å²) in [5, 5.41) is 8.33. The summed E-state index contributed by atoms with van der Waals surface area (Å²) in [6.07, 6.45) is 0. The third-order valence-corrected chi connectivity index (χ3v) is 2.68. The third-order valence-electron chi connectivity index (χ3n) is 1.81. The molecular weight excluding hydrogens is 198 g/mol. The van der Waals surface area contributed by atoms with Crippen molar-refractivity contribution in [2.24, 2.45) is 5.92 Å². The minimum Gasteiger partial charge on any atom is -0.319 e. The van der Waals surface area contributed by atoms with Crippen LogP contribution in [0.25, 0.3) is 0 Å². The predicted molar refractivity (Wildman–Crippen MR) is 58.6 cm³/mol. The summed E-state index contributed by atoms with van der Waals surface area (Å²) in [6, 6.07) is 0. The number of aromatic nitrogens is 1. The first-order valence-electron chi connectivity index (χ1n) is 4.51. The van der Waals surface area contributed by atoms with Gasteiger partial charge in [0.1, 0.15) is 0 Å². The van der Waals surface area contributed by atoms with Crippen LogP contribution in [0.5, 0.6) is 0 Å². The van der Waals surface area contributed by atoms with Crippen molar-refractivity contribution in [3.63, 3.8) is 0 Å². The van der Waals surface area contributed by atoms with Crippen LogP contribution in [0.1, 0.15) is 12.6 Å². The van der Waals surface area contributed by atoms with Gasteiger partial charge in [0.25, 0.3) is 0 Å². The fourth-order valence-corrected chi connectivity index (χ4v) is 1.73. The van der Waals surface area contributed by atoms with Crippen molar-refractivity contribution >= 4 is 22.4 Å². The number of anilines is 1. The molecule has 2 N–H and O–H groups in total. The van der Waals surface area contributed by atoms with Crippen molar-refractivity contribution in [2.45, 2.75) is 13.8 Å². The molecular formula is C9H15N3OS. The van der Waals surface area contributed by atoms with Gasteiger partial charge >= 0.3 is 0 Å². The van der Waals surface area contributed by atoms with Crippen LogP contribution in [0.3, 0.4) is 0 Å². The van der Waals surface area contributed by atoms with Crippen LogP contribution in [-0.2, 0) is 4.79 Å². The maximum Gasteiger partial charge on any atom is 0.230 e.